The van der Waals surface area contributed by atoms with Gasteiger partial charge in [-0.25, -0.2) is 9.97 Å². The minimum atomic E-state index is 0.563. The fraction of sp³-hybridized carbons (Fsp3) is 0.167. The number of nitrogen functional groups attached to an aromatic ring is 2. The van der Waals surface area contributed by atoms with Gasteiger partial charge in [0, 0.05) is 25.7 Å². The minimum absolute atomic E-state index is 0.563. The van der Waals surface area contributed by atoms with Crippen LogP contribution in [-0.4, -0.2) is 24.1 Å². The van der Waals surface area contributed by atoms with Crippen LogP contribution in [0.1, 0.15) is 0 Å². The van der Waals surface area contributed by atoms with Crippen molar-refractivity contribution in [2.75, 3.05) is 30.5 Å². The van der Waals surface area contributed by atoms with Gasteiger partial charge in [0.15, 0.2) is 0 Å². The Morgan fingerprint density at radius 2 is 1.76 bits per heavy atom. The second-order valence-corrected chi connectivity index (χ2v) is 4.00. The molecule has 2 aromatic rings. The molecule has 0 unspecified atom stereocenters. The van der Waals surface area contributed by atoms with Gasteiger partial charge < -0.3 is 16.4 Å². The van der Waals surface area contributed by atoms with Crippen LogP contribution in [0.4, 0.5) is 17.2 Å². The number of nitrogens with two attached hydrogens (primary N) is 2. The molecule has 1 aromatic heterocycles. The van der Waals surface area contributed by atoms with Gasteiger partial charge >= 0.3 is 0 Å². The lowest BCUT2D eigenvalue weighted by Crippen LogP contribution is -2.10. The monoisotopic (exact) mass is 229 g/mol. The maximum Gasteiger partial charge on any atom is 0.132 e. The molecule has 0 aliphatic rings. The van der Waals surface area contributed by atoms with Crippen LogP contribution in [0.3, 0.4) is 0 Å². The lowest BCUT2D eigenvalue weighted by atomic mass is 10.1. The van der Waals surface area contributed by atoms with Gasteiger partial charge in [-0.15, -0.1) is 0 Å². The van der Waals surface area contributed by atoms with Crippen LogP contribution in [0, 0.1) is 0 Å². The molecular weight excluding hydrogens is 214 g/mol. The summed E-state index contributed by atoms with van der Waals surface area (Å²) in [5.41, 5.74) is 14.4. The number of rotatable bonds is 2. The Kier molecular flexibility index (Phi) is 2.82. The van der Waals surface area contributed by atoms with E-state index in [2.05, 4.69) is 9.97 Å². The van der Waals surface area contributed by atoms with E-state index >= 15 is 0 Å². The van der Waals surface area contributed by atoms with Gasteiger partial charge in [0.25, 0.3) is 0 Å². The number of hydrogen-bond donors (Lipinski definition) is 2. The Hall–Kier alpha value is -2.30. The second kappa shape index (κ2) is 4.29. The summed E-state index contributed by atoms with van der Waals surface area (Å²) in [6.45, 7) is 0. The standard InChI is InChI=1S/C12H15N5/c1-17(2)12-6-11(15-7-16-12)8-3-4-9(13)10(14)5-8/h3-7H,13-14H2,1-2H3. The highest BCUT2D eigenvalue weighted by molar-refractivity contribution is 5.73. The van der Waals surface area contributed by atoms with Crippen molar-refractivity contribution in [1.82, 2.24) is 9.97 Å². The summed E-state index contributed by atoms with van der Waals surface area (Å²) in [5.74, 6) is 0.852. The minimum Gasteiger partial charge on any atom is -0.397 e. The van der Waals surface area contributed by atoms with E-state index in [0.29, 0.717) is 11.4 Å². The Labute approximate surface area is 100 Å². The van der Waals surface area contributed by atoms with E-state index in [1.807, 2.05) is 37.2 Å². The Morgan fingerprint density at radius 1 is 1.00 bits per heavy atom. The summed E-state index contributed by atoms with van der Waals surface area (Å²) < 4.78 is 0. The number of aromatic nitrogens is 2. The van der Waals surface area contributed by atoms with E-state index in [9.17, 15) is 0 Å². The molecule has 0 saturated carbocycles. The maximum atomic E-state index is 5.78. The van der Waals surface area contributed by atoms with Crippen molar-refractivity contribution in [2.45, 2.75) is 0 Å². The normalized spacial score (nSPS) is 10.2. The summed E-state index contributed by atoms with van der Waals surface area (Å²) in [6.07, 6.45) is 1.54. The lowest BCUT2D eigenvalue weighted by Gasteiger charge is -2.12. The fourth-order valence-electron chi connectivity index (χ4n) is 1.48. The van der Waals surface area contributed by atoms with Gasteiger partial charge in [-0.3, -0.25) is 0 Å². The van der Waals surface area contributed by atoms with Crippen molar-refractivity contribution in [1.29, 1.82) is 0 Å². The van der Waals surface area contributed by atoms with E-state index in [1.54, 1.807) is 6.07 Å². The molecule has 0 amide bonds. The lowest BCUT2D eigenvalue weighted by molar-refractivity contribution is 1.04. The Balaban J connectivity index is 2.45. The van der Waals surface area contributed by atoms with Gasteiger partial charge in [-0.05, 0) is 12.1 Å². The number of benzene rings is 1. The zero-order valence-electron chi connectivity index (χ0n) is 9.88. The molecule has 2 rings (SSSR count). The summed E-state index contributed by atoms with van der Waals surface area (Å²) >= 11 is 0. The highest BCUT2D eigenvalue weighted by Gasteiger charge is 2.04. The third kappa shape index (κ3) is 2.28. The summed E-state index contributed by atoms with van der Waals surface area (Å²) in [6, 6.07) is 7.40. The topological polar surface area (TPSA) is 81.1 Å². The zero-order chi connectivity index (χ0) is 12.4. The van der Waals surface area contributed by atoms with Crippen molar-refractivity contribution < 1.29 is 0 Å². The van der Waals surface area contributed by atoms with Crippen LogP contribution < -0.4 is 16.4 Å². The molecule has 5 nitrogen and oxygen atoms in total. The van der Waals surface area contributed by atoms with Crippen LogP contribution in [0.2, 0.25) is 0 Å². The first-order valence-corrected chi connectivity index (χ1v) is 5.22. The SMILES string of the molecule is CN(C)c1cc(-c2ccc(N)c(N)c2)ncn1. The highest BCUT2D eigenvalue weighted by atomic mass is 15.1. The molecule has 0 atom stereocenters. The van der Waals surface area contributed by atoms with E-state index in [1.165, 1.54) is 6.33 Å². The molecule has 1 aromatic carbocycles. The molecule has 0 bridgehead atoms. The van der Waals surface area contributed by atoms with Crippen LogP contribution in [0.25, 0.3) is 11.3 Å². The average Bonchev–Trinajstić information content (AvgIpc) is 2.33. The third-order valence-corrected chi connectivity index (χ3v) is 2.49. The molecule has 1 heterocycles. The van der Waals surface area contributed by atoms with E-state index in [4.69, 9.17) is 11.5 Å². The molecule has 5 heteroatoms. The first-order valence-electron chi connectivity index (χ1n) is 5.22. The maximum absolute atomic E-state index is 5.78. The van der Waals surface area contributed by atoms with Crippen molar-refractivity contribution in [2.24, 2.45) is 0 Å². The van der Waals surface area contributed by atoms with Crippen molar-refractivity contribution in [3.63, 3.8) is 0 Å². The number of hydrogen-bond acceptors (Lipinski definition) is 5. The summed E-state index contributed by atoms with van der Waals surface area (Å²) in [7, 11) is 3.87. The summed E-state index contributed by atoms with van der Waals surface area (Å²) in [4.78, 5) is 10.3. The molecule has 0 saturated heterocycles. The molecule has 4 N–H and O–H groups in total. The predicted molar refractivity (Wildman–Crippen MR) is 70.6 cm³/mol. The zero-order valence-corrected chi connectivity index (χ0v) is 9.88. The molecule has 0 aliphatic carbocycles. The molecular formula is C12H15N5. The highest BCUT2D eigenvalue weighted by Crippen LogP contribution is 2.25. The molecule has 0 radical (unpaired) electrons. The molecule has 0 aliphatic heterocycles. The molecule has 88 valence electrons. The van der Waals surface area contributed by atoms with Crippen LogP contribution in [-0.2, 0) is 0 Å². The number of nitrogens with zero attached hydrogens (tertiary/aromatic N) is 3. The van der Waals surface area contributed by atoms with Crippen LogP contribution >= 0.6 is 0 Å². The second-order valence-electron chi connectivity index (χ2n) is 4.00. The fourth-order valence-corrected chi connectivity index (χ4v) is 1.48. The predicted octanol–water partition coefficient (Wildman–Crippen LogP) is 1.37. The van der Waals surface area contributed by atoms with Gasteiger partial charge in [0.2, 0.25) is 0 Å². The first-order chi connectivity index (χ1) is 8.08. The van der Waals surface area contributed by atoms with E-state index in [-0.39, 0.29) is 0 Å². The number of anilines is 3. The Bertz CT molecular complexity index is 536. The van der Waals surface area contributed by atoms with Crippen LogP contribution in [0.15, 0.2) is 30.6 Å². The van der Waals surface area contributed by atoms with Crippen molar-refractivity contribution in [3.8, 4) is 11.3 Å². The Morgan fingerprint density at radius 3 is 2.41 bits per heavy atom. The van der Waals surface area contributed by atoms with Gasteiger partial charge in [-0.2, -0.15) is 0 Å². The van der Waals surface area contributed by atoms with Crippen molar-refractivity contribution in [3.05, 3.63) is 30.6 Å². The van der Waals surface area contributed by atoms with E-state index in [0.717, 1.165) is 17.1 Å². The molecule has 17 heavy (non-hydrogen) atoms. The molecule has 0 spiro atoms. The smallest absolute Gasteiger partial charge is 0.132 e. The first kappa shape index (κ1) is 11.2. The summed E-state index contributed by atoms with van der Waals surface area (Å²) in [5, 5.41) is 0. The van der Waals surface area contributed by atoms with Gasteiger partial charge in [-0.1, -0.05) is 6.07 Å². The van der Waals surface area contributed by atoms with Gasteiger partial charge in [0.05, 0.1) is 17.1 Å². The molecule has 0 fully saturated rings. The largest absolute Gasteiger partial charge is 0.397 e. The third-order valence-electron chi connectivity index (χ3n) is 2.49. The van der Waals surface area contributed by atoms with E-state index < -0.39 is 0 Å². The van der Waals surface area contributed by atoms with Crippen LogP contribution in [0.5, 0.6) is 0 Å². The quantitative estimate of drug-likeness (QED) is 0.760. The average molecular weight is 229 g/mol. The van der Waals surface area contributed by atoms with Gasteiger partial charge in [0.1, 0.15) is 12.1 Å². The van der Waals surface area contributed by atoms with Crippen molar-refractivity contribution >= 4 is 17.2 Å².